The fraction of sp³-hybridized carbons (Fsp3) is 0.423. The van der Waals surface area contributed by atoms with Gasteiger partial charge in [0.05, 0.1) is 11.7 Å². The van der Waals surface area contributed by atoms with Gasteiger partial charge in [-0.3, -0.25) is 4.79 Å². The van der Waals surface area contributed by atoms with Crippen LogP contribution in [0.1, 0.15) is 64.6 Å². The Bertz CT molecular complexity index is 1140. The second kappa shape index (κ2) is 7.64. The molecule has 2 aromatic heterocycles. The van der Waals surface area contributed by atoms with E-state index in [9.17, 15) is 4.79 Å². The van der Waals surface area contributed by atoms with Crippen LogP contribution in [0.5, 0.6) is 0 Å². The fourth-order valence-corrected chi connectivity index (χ4v) is 6.95. The van der Waals surface area contributed by atoms with Crippen molar-refractivity contribution < 1.29 is 9.53 Å². The zero-order chi connectivity index (χ0) is 20.9. The normalized spacial score (nSPS) is 22.5. The summed E-state index contributed by atoms with van der Waals surface area (Å²) < 4.78 is 8.23. The summed E-state index contributed by atoms with van der Waals surface area (Å²) >= 11 is 1.94. The molecule has 0 bridgehead atoms. The van der Waals surface area contributed by atoms with Gasteiger partial charge in [0.2, 0.25) is 0 Å². The highest BCUT2D eigenvalue weighted by Crippen LogP contribution is 2.44. The van der Waals surface area contributed by atoms with E-state index in [0.717, 1.165) is 19.3 Å². The first-order valence-electron chi connectivity index (χ1n) is 11.5. The average Bonchev–Trinajstić information content (AvgIpc) is 3.52. The Labute approximate surface area is 187 Å². The van der Waals surface area contributed by atoms with Gasteiger partial charge >= 0.3 is 0 Å². The number of aryl methyl sites for hydroxylation is 2. The minimum atomic E-state index is -0.313. The second-order valence-corrected chi connectivity index (χ2v) is 10.2. The van der Waals surface area contributed by atoms with Crippen LogP contribution in [-0.4, -0.2) is 28.1 Å². The minimum Gasteiger partial charge on any atom is -0.368 e. The molecule has 1 saturated heterocycles. The number of fused-ring (bicyclic) bond motifs is 5. The number of nitrogens with zero attached hydrogens (tertiary/aromatic N) is 2. The lowest BCUT2D eigenvalue weighted by Gasteiger charge is -2.33. The van der Waals surface area contributed by atoms with Gasteiger partial charge in [0.1, 0.15) is 11.1 Å². The smallest absolute Gasteiger partial charge is 0.252 e. The van der Waals surface area contributed by atoms with E-state index >= 15 is 0 Å². The van der Waals surface area contributed by atoms with Gasteiger partial charge < -0.3 is 14.2 Å². The van der Waals surface area contributed by atoms with E-state index in [0.29, 0.717) is 13.2 Å². The number of carbonyl (C=O) groups excluding carboxylic acids is 1. The van der Waals surface area contributed by atoms with Gasteiger partial charge in [-0.25, -0.2) is 0 Å². The van der Waals surface area contributed by atoms with Gasteiger partial charge in [0.25, 0.3) is 5.91 Å². The standard InChI is InChI=1S/C26H28N2O2S/c1-17-7-4-8-18(15-17)24-21-10-5-13-27(21)26-20(19-9-2-3-12-23(19)31-26)16-28(24)25(29)22-11-6-14-30-22/h4-5,7-8,10,13,15,22,24H,2-3,6,9,11-12,14,16H2,1H3/t22-,24-/m1/s1. The highest BCUT2D eigenvalue weighted by Gasteiger charge is 2.39. The molecule has 1 aliphatic carbocycles. The number of carbonyl (C=O) groups is 1. The average molecular weight is 433 g/mol. The third-order valence-electron chi connectivity index (χ3n) is 7.02. The van der Waals surface area contributed by atoms with E-state index in [1.54, 1.807) is 0 Å². The van der Waals surface area contributed by atoms with Crippen LogP contribution >= 0.6 is 11.3 Å². The van der Waals surface area contributed by atoms with Gasteiger partial charge in [0.15, 0.2) is 0 Å². The molecular formula is C26H28N2O2S. The Kier molecular flexibility index (Phi) is 4.77. The molecule has 4 nitrogen and oxygen atoms in total. The molecule has 1 fully saturated rings. The molecule has 0 radical (unpaired) electrons. The molecule has 160 valence electrons. The molecule has 4 heterocycles. The largest absolute Gasteiger partial charge is 0.368 e. The summed E-state index contributed by atoms with van der Waals surface area (Å²) in [5.74, 6) is 0.139. The maximum Gasteiger partial charge on any atom is 0.252 e. The Hall–Kier alpha value is -2.37. The summed E-state index contributed by atoms with van der Waals surface area (Å²) in [4.78, 5) is 17.5. The van der Waals surface area contributed by atoms with Gasteiger partial charge in [-0.15, -0.1) is 11.3 Å². The summed E-state index contributed by atoms with van der Waals surface area (Å²) in [6, 6.07) is 12.8. The molecule has 5 heteroatoms. The van der Waals surface area contributed by atoms with Crippen LogP contribution < -0.4 is 0 Å². The van der Waals surface area contributed by atoms with Crippen molar-refractivity contribution in [1.29, 1.82) is 0 Å². The first-order valence-corrected chi connectivity index (χ1v) is 12.3. The van der Waals surface area contributed by atoms with Crippen LogP contribution in [0.25, 0.3) is 5.00 Å². The molecule has 6 rings (SSSR count). The predicted octanol–water partition coefficient (Wildman–Crippen LogP) is 5.34. The van der Waals surface area contributed by atoms with E-state index in [1.165, 1.54) is 57.1 Å². The number of hydrogen-bond donors (Lipinski definition) is 0. The van der Waals surface area contributed by atoms with Crippen molar-refractivity contribution in [2.24, 2.45) is 0 Å². The third kappa shape index (κ3) is 3.17. The third-order valence-corrected chi connectivity index (χ3v) is 8.36. The van der Waals surface area contributed by atoms with Crippen molar-refractivity contribution in [2.75, 3.05) is 6.61 Å². The number of hydrogen-bond acceptors (Lipinski definition) is 3. The monoisotopic (exact) mass is 432 g/mol. The van der Waals surface area contributed by atoms with Gasteiger partial charge in [-0.1, -0.05) is 29.8 Å². The van der Waals surface area contributed by atoms with E-state index in [4.69, 9.17) is 4.74 Å². The van der Waals surface area contributed by atoms with Crippen molar-refractivity contribution in [3.63, 3.8) is 0 Å². The van der Waals surface area contributed by atoms with Gasteiger partial charge in [-0.05, 0) is 68.7 Å². The first-order chi connectivity index (χ1) is 15.2. The highest BCUT2D eigenvalue weighted by molar-refractivity contribution is 7.15. The second-order valence-electron chi connectivity index (χ2n) is 9.08. The zero-order valence-electron chi connectivity index (χ0n) is 18.0. The van der Waals surface area contributed by atoms with Crippen molar-refractivity contribution in [3.8, 4) is 5.00 Å². The highest BCUT2D eigenvalue weighted by atomic mass is 32.1. The summed E-state index contributed by atoms with van der Waals surface area (Å²) in [6.45, 7) is 3.48. The number of benzene rings is 1. The van der Waals surface area contributed by atoms with Crippen molar-refractivity contribution in [3.05, 3.63) is 75.4 Å². The molecule has 0 unspecified atom stereocenters. The maximum atomic E-state index is 13.8. The molecule has 1 amide bonds. The Balaban J connectivity index is 1.55. The van der Waals surface area contributed by atoms with E-state index in [2.05, 4.69) is 59.0 Å². The summed E-state index contributed by atoms with van der Waals surface area (Å²) in [7, 11) is 0. The lowest BCUT2D eigenvalue weighted by molar-refractivity contribution is -0.143. The number of ether oxygens (including phenoxy) is 1. The van der Waals surface area contributed by atoms with Gasteiger partial charge in [0, 0.05) is 29.8 Å². The predicted molar refractivity (Wildman–Crippen MR) is 123 cm³/mol. The SMILES string of the molecule is Cc1cccc([C@@H]2c3cccn3-c3sc4c(c3CN2C(=O)[C@H]2CCCO2)CCCC4)c1. The van der Waals surface area contributed by atoms with E-state index in [-0.39, 0.29) is 18.1 Å². The van der Waals surface area contributed by atoms with Crippen molar-refractivity contribution in [1.82, 2.24) is 9.47 Å². The van der Waals surface area contributed by atoms with Crippen molar-refractivity contribution >= 4 is 17.2 Å². The number of aromatic nitrogens is 1. The van der Waals surface area contributed by atoms with Crippen LogP contribution in [0.15, 0.2) is 42.6 Å². The number of amides is 1. The molecular weight excluding hydrogens is 404 g/mol. The molecule has 0 N–H and O–H groups in total. The lowest BCUT2D eigenvalue weighted by Crippen LogP contribution is -2.41. The van der Waals surface area contributed by atoms with E-state index < -0.39 is 0 Å². The Morgan fingerprint density at radius 1 is 1.10 bits per heavy atom. The molecule has 1 aromatic carbocycles. The number of rotatable bonds is 2. The van der Waals surface area contributed by atoms with Crippen LogP contribution in [0.4, 0.5) is 0 Å². The molecule has 31 heavy (non-hydrogen) atoms. The van der Waals surface area contributed by atoms with E-state index in [1.807, 2.05) is 11.3 Å². The summed E-state index contributed by atoms with van der Waals surface area (Å²) in [5, 5.41) is 1.31. The fourth-order valence-electron chi connectivity index (χ4n) is 5.55. The molecule has 2 atom stereocenters. The minimum absolute atomic E-state index is 0.106. The van der Waals surface area contributed by atoms with Crippen LogP contribution in [0, 0.1) is 6.92 Å². The van der Waals surface area contributed by atoms with Crippen molar-refractivity contribution in [2.45, 2.75) is 64.1 Å². The topological polar surface area (TPSA) is 34.5 Å². The lowest BCUT2D eigenvalue weighted by atomic mass is 9.94. The molecule has 0 saturated carbocycles. The molecule has 2 aliphatic heterocycles. The van der Waals surface area contributed by atoms with Crippen LogP contribution in [0.3, 0.4) is 0 Å². The summed E-state index contributed by atoms with van der Waals surface area (Å²) in [6.07, 6.45) is 8.48. The maximum absolute atomic E-state index is 13.8. The Morgan fingerprint density at radius 3 is 2.84 bits per heavy atom. The van der Waals surface area contributed by atoms with Crippen LogP contribution in [0.2, 0.25) is 0 Å². The summed E-state index contributed by atoms with van der Waals surface area (Å²) in [5.41, 5.74) is 6.43. The molecule has 0 spiro atoms. The quantitative estimate of drug-likeness (QED) is 0.548. The molecule has 3 aliphatic rings. The molecule has 3 aromatic rings. The van der Waals surface area contributed by atoms with Crippen LogP contribution in [-0.2, 0) is 28.9 Å². The Morgan fingerprint density at radius 2 is 2.00 bits per heavy atom. The van der Waals surface area contributed by atoms with Gasteiger partial charge in [-0.2, -0.15) is 0 Å². The number of thiophene rings is 1. The first kappa shape index (κ1) is 19.3. The zero-order valence-corrected chi connectivity index (χ0v) is 18.8.